The van der Waals surface area contributed by atoms with Crippen molar-refractivity contribution in [3.05, 3.63) is 38.1 Å². The smallest absolute Gasteiger partial charge is 0.0548 e. The first kappa shape index (κ1) is 8.40. The number of hydrogen-bond acceptors (Lipinski definition) is 1. The van der Waals surface area contributed by atoms with Crippen molar-refractivity contribution < 1.29 is 0 Å². The van der Waals surface area contributed by atoms with Crippen molar-refractivity contribution in [2.24, 2.45) is 5.11 Å². The molecule has 56 valence electrons. The fraction of sp³-hybridized carbons (Fsp3) is 0. The predicted molar refractivity (Wildman–Crippen MR) is 48.0 cm³/mol. The van der Waals surface area contributed by atoms with Crippen molar-refractivity contribution in [1.82, 2.24) is 0 Å². The number of azide groups is 1. The van der Waals surface area contributed by atoms with E-state index in [4.69, 9.17) is 17.1 Å². The molecule has 0 fully saturated rings. The molecule has 1 aromatic rings. The summed E-state index contributed by atoms with van der Waals surface area (Å²) in [5.74, 6) is 0. The lowest BCUT2D eigenvalue weighted by molar-refractivity contribution is 1.46. The zero-order valence-corrected chi connectivity index (χ0v) is 7.67. The van der Waals surface area contributed by atoms with Gasteiger partial charge >= 0.3 is 0 Å². The summed E-state index contributed by atoms with van der Waals surface area (Å²) in [4.78, 5) is 2.64. The van der Waals surface area contributed by atoms with Crippen molar-refractivity contribution in [1.29, 1.82) is 0 Å². The fourth-order valence-corrected chi connectivity index (χ4v) is 1.08. The molecule has 0 saturated heterocycles. The topological polar surface area (TPSA) is 48.8 Å². The summed E-state index contributed by atoms with van der Waals surface area (Å²) in [5, 5.41) is 4.00. The van der Waals surface area contributed by atoms with E-state index in [1.807, 2.05) is 0 Å². The zero-order chi connectivity index (χ0) is 8.27. The molecule has 1 rings (SSSR count). The SMILES string of the molecule is [N-]=[N+]=Nc1ccc(Cl)c(Br)c1. The quantitative estimate of drug-likeness (QED) is 0.398. The number of nitrogens with zero attached hydrogens (tertiary/aromatic N) is 3. The molecule has 0 amide bonds. The second kappa shape index (κ2) is 3.62. The van der Waals surface area contributed by atoms with E-state index >= 15 is 0 Å². The molecule has 3 nitrogen and oxygen atoms in total. The van der Waals surface area contributed by atoms with Crippen LogP contribution in [0.2, 0.25) is 5.02 Å². The molecule has 0 saturated carbocycles. The Hall–Kier alpha value is -0.700. The molecule has 0 spiro atoms. The summed E-state index contributed by atoms with van der Waals surface area (Å²) in [5.41, 5.74) is 8.64. The molecule has 0 radical (unpaired) electrons. The van der Waals surface area contributed by atoms with Crippen LogP contribution in [0.3, 0.4) is 0 Å². The molecule has 1 aromatic carbocycles. The molecule has 5 heteroatoms. The normalized spacial score (nSPS) is 8.91. The van der Waals surface area contributed by atoms with Crippen LogP contribution in [0.25, 0.3) is 10.4 Å². The first-order valence-electron chi connectivity index (χ1n) is 2.74. The van der Waals surface area contributed by atoms with E-state index in [-0.39, 0.29) is 0 Å². The van der Waals surface area contributed by atoms with Gasteiger partial charge in [0.2, 0.25) is 0 Å². The van der Waals surface area contributed by atoms with Crippen LogP contribution in [-0.4, -0.2) is 0 Å². The highest BCUT2D eigenvalue weighted by Crippen LogP contribution is 2.26. The summed E-state index contributed by atoms with van der Waals surface area (Å²) in [7, 11) is 0. The van der Waals surface area contributed by atoms with Crippen molar-refractivity contribution >= 4 is 33.2 Å². The van der Waals surface area contributed by atoms with Crippen LogP contribution in [0.4, 0.5) is 5.69 Å². The maximum atomic E-state index is 8.09. The van der Waals surface area contributed by atoms with Crippen molar-refractivity contribution in [3.63, 3.8) is 0 Å². The minimum absolute atomic E-state index is 0.545. The van der Waals surface area contributed by atoms with Gasteiger partial charge in [0, 0.05) is 15.1 Å². The van der Waals surface area contributed by atoms with Crippen LogP contribution >= 0.6 is 27.5 Å². The van der Waals surface area contributed by atoms with E-state index < -0.39 is 0 Å². The van der Waals surface area contributed by atoms with Gasteiger partial charge in [-0.2, -0.15) is 0 Å². The van der Waals surface area contributed by atoms with Crippen molar-refractivity contribution in [2.45, 2.75) is 0 Å². The fourth-order valence-electron chi connectivity index (χ4n) is 0.599. The highest BCUT2D eigenvalue weighted by atomic mass is 79.9. The standard InChI is InChI=1S/C6H3BrClN3/c7-5-3-4(10-11-9)1-2-6(5)8/h1-3H. The Balaban J connectivity index is 3.14. The molecule has 0 N–H and O–H groups in total. The number of halogens is 2. The summed E-state index contributed by atoms with van der Waals surface area (Å²) in [6, 6.07) is 4.96. The van der Waals surface area contributed by atoms with Crippen LogP contribution in [0.5, 0.6) is 0 Å². The van der Waals surface area contributed by atoms with Gasteiger partial charge in [0.05, 0.1) is 5.02 Å². The van der Waals surface area contributed by atoms with E-state index in [1.54, 1.807) is 18.2 Å². The van der Waals surface area contributed by atoms with Crippen LogP contribution < -0.4 is 0 Å². The minimum Gasteiger partial charge on any atom is -0.0831 e. The Morgan fingerprint density at radius 2 is 2.27 bits per heavy atom. The van der Waals surface area contributed by atoms with Gasteiger partial charge in [-0.3, -0.25) is 0 Å². The van der Waals surface area contributed by atoms with Crippen LogP contribution in [-0.2, 0) is 0 Å². The third-order valence-electron chi connectivity index (χ3n) is 1.06. The lowest BCUT2D eigenvalue weighted by Gasteiger charge is -1.94. The van der Waals surface area contributed by atoms with E-state index in [0.717, 1.165) is 4.47 Å². The van der Waals surface area contributed by atoms with Gasteiger partial charge in [-0.05, 0) is 33.6 Å². The maximum absolute atomic E-state index is 8.09. The molecular weight excluding hydrogens is 229 g/mol. The monoisotopic (exact) mass is 231 g/mol. The second-order valence-corrected chi connectivity index (χ2v) is 3.05. The summed E-state index contributed by atoms with van der Waals surface area (Å²) < 4.78 is 0.726. The molecule has 0 aliphatic carbocycles. The van der Waals surface area contributed by atoms with Crippen molar-refractivity contribution in [2.75, 3.05) is 0 Å². The third kappa shape index (κ3) is 2.12. The predicted octanol–water partition coefficient (Wildman–Crippen LogP) is 4.04. The Labute approximate surface area is 76.7 Å². The molecular formula is C6H3BrClN3. The van der Waals surface area contributed by atoms with Gasteiger partial charge in [-0.25, -0.2) is 0 Å². The number of benzene rings is 1. The zero-order valence-electron chi connectivity index (χ0n) is 5.33. The Morgan fingerprint density at radius 3 is 2.82 bits per heavy atom. The van der Waals surface area contributed by atoms with Gasteiger partial charge in [0.15, 0.2) is 0 Å². The first-order valence-corrected chi connectivity index (χ1v) is 3.91. The average Bonchev–Trinajstić information content (AvgIpc) is 1.98. The molecule has 0 aromatic heterocycles. The average molecular weight is 232 g/mol. The molecule has 0 unspecified atom stereocenters. The van der Waals surface area contributed by atoms with Gasteiger partial charge in [0.1, 0.15) is 0 Å². The highest BCUT2D eigenvalue weighted by molar-refractivity contribution is 9.10. The van der Waals surface area contributed by atoms with E-state index in [9.17, 15) is 0 Å². The summed E-state index contributed by atoms with van der Waals surface area (Å²) in [6.07, 6.45) is 0. The molecule has 11 heavy (non-hydrogen) atoms. The van der Waals surface area contributed by atoms with Gasteiger partial charge in [0.25, 0.3) is 0 Å². The Kier molecular flexibility index (Phi) is 2.76. The number of hydrogen-bond donors (Lipinski definition) is 0. The highest BCUT2D eigenvalue weighted by Gasteiger charge is 1.95. The lowest BCUT2D eigenvalue weighted by atomic mass is 10.3. The van der Waals surface area contributed by atoms with Crippen LogP contribution in [0.15, 0.2) is 27.8 Å². The third-order valence-corrected chi connectivity index (χ3v) is 2.28. The summed E-state index contributed by atoms with van der Waals surface area (Å²) >= 11 is 8.90. The van der Waals surface area contributed by atoms with Crippen molar-refractivity contribution in [3.8, 4) is 0 Å². The van der Waals surface area contributed by atoms with E-state index in [0.29, 0.717) is 10.7 Å². The largest absolute Gasteiger partial charge is 0.0831 e. The second-order valence-electron chi connectivity index (χ2n) is 1.79. The molecule has 0 aliphatic heterocycles. The van der Waals surface area contributed by atoms with Crippen LogP contribution in [0.1, 0.15) is 0 Å². The van der Waals surface area contributed by atoms with Gasteiger partial charge in [-0.15, -0.1) is 0 Å². The van der Waals surface area contributed by atoms with E-state index in [2.05, 4.69) is 26.0 Å². The first-order chi connectivity index (χ1) is 5.24. The Bertz CT molecular complexity index is 320. The van der Waals surface area contributed by atoms with E-state index in [1.165, 1.54) is 0 Å². The van der Waals surface area contributed by atoms with Crippen LogP contribution in [0, 0.1) is 0 Å². The Morgan fingerprint density at radius 1 is 1.55 bits per heavy atom. The molecule has 0 atom stereocenters. The summed E-state index contributed by atoms with van der Waals surface area (Å²) in [6.45, 7) is 0. The number of rotatable bonds is 1. The van der Waals surface area contributed by atoms with Gasteiger partial charge < -0.3 is 0 Å². The van der Waals surface area contributed by atoms with Gasteiger partial charge in [-0.1, -0.05) is 22.8 Å². The maximum Gasteiger partial charge on any atom is 0.0548 e. The minimum atomic E-state index is 0.545. The lowest BCUT2D eigenvalue weighted by Crippen LogP contribution is -1.66. The molecule has 0 heterocycles. The molecule has 0 bridgehead atoms. The molecule has 0 aliphatic rings.